The molecule has 2 N–H and O–H groups in total. The van der Waals surface area contributed by atoms with E-state index in [2.05, 4.69) is 36.5 Å². The van der Waals surface area contributed by atoms with Gasteiger partial charge in [-0.2, -0.15) is 5.26 Å². The van der Waals surface area contributed by atoms with E-state index in [0.29, 0.717) is 27.4 Å². The zero-order valence-electron chi connectivity index (χ0n) is 23.7. The van der Waals surface area contributed by atoms with Crippen LogP contribution >= 0.6 is 11.6 Å². The first-order valence-corrected chi connectivity index (χ1v) is 15.5. The van der Waals surface area contributed by atoms with Gasteiger partial charge >= 0.3 is 0 Å². The Bertz CT molecular complexity index is 1240. The van der Waals surface area contributed by atoms with E-state index in [-0.39, 0.29) is 18.1 Å². The molecule has 1 aliphatic carbocycles. The summed E-state index contributed by atoms with van der Waals surface area (Å²) in [6.45, 7) is 8.14. The molecule has 0 unspecified atom stereocenters. The number of likely N-dealkylation sites (tertiary alicyclic amines) is 1. The van der Waals surface area contributed by atoms with Gasteiger partial charge in [-0.05, 0) is 87.9 Å². The van der Waals surface area contributed by atoms with Crippen molar-refractivity contribution in [2.45, 2.75) is 63.5 Å². The number of carbonyl (C=O) groups is 1. The summed E-state index contributed by atoms with van der Waals surface area (Å²) in [5, 5.41) is 16.0. The molecule has 0 atom stereocenters. The number of ether oxygens (including phenoxy) is 1. The van der Waals surface area contributed by atoms with E-state index in [1.807, 2.05) is 0 Å². The highest BCUT2D eigenvalue weighted by Gasteiger charge is 2.40. The first-order chi connectivity index (χ1) is 20.0. The number of rotatable bonds is 7. The zero-order valence-corrected chi connectivity index (χ0v) is 24.4. The predicted octanol–water partition coefficient (Wildman–Crippen LogP) is 4.02. The van der Waals surface area contributed by atoms with Gasteiger partial charge in [-0.1, -0.05) is 11.6 Å². The van der Waals surface area contributed by atoms with Crippen LogP contribution in [0.25, 0.3) is 0 Å². The summed E-state index contributed by atoms with van der Waals surface area (Å²) in [5.74, 6) is 2.10. The molecule has 1 amide bonds. The molecule has 4 fully saturated rings. The number of halogens is 1. The van der Waals surface area contributed by atoms with E-state index in [1.165, 1.54) is 58.4 Å². The average Bonchev–Trinajstić information content (AvgIpc) is 2.98. The lowest BCUT2D eigenvalue weighted by Crippen LogP contribution is -2.58. The summed E-state index contributed by atoms with van der Waals surface area (Å²) in [6, 6.07) is 7.29. The highest BCUT2D eigenvalue weighted by Crippen LogP contribution is 2.35. The SMILES string of the molecule is N#Cc1ccc(OC2CCC(NC(=O)c3cnc(N4CCC(CN5CCC6(CC5)CNC6)CC4)cn3)CC2)cc1Cl. The molecule has 0 radical (unpaired) electrons. The molecule has 1 saturated carbocycles. The number of nitriles is 1. The maximum atomic E-state index is 12.9. The molecule has 1 spiro atoms. The molecule has 9 nitrogen and oxygen atoms in total. The topological polar surface area (TPSA) is 106 Å². The van der Waals surface area contributed by atoms with Gasteiger partial charge in [-0.15, -0.1) is 0 Å². The minimum Gasteiger partial charge on any atom is -0.490 e. The van der Waals surface area contributed by atoms with Crippen LogP contribution < -0.4 is 20.3 Å². The molecule has 218 valence electrons. The van der Waals surface area contributed by atoms with E-state index >= 15 is 0 Å². The Balaban J connectivity index is 0.910. The Morgan fingerprint density at radius 1 is 1.07 bits per heavy atom. The van der Waals surface area contributed by atoms with Gasteiger partial charge in [0.25, 0.3) is 5.91 Å². The van der Waals surface area contributed by atoms with Crippen LogP contribution in [0.4, 0.5) is 5.82 Å². The molecule has 6 rings (SSSR count). The minimum absolute atomic E-state index is 0.0622. The monoisotopic (exact) mass is 577 g/mol. The summed E-state index contributed by atoms with van der Waals surface area (Å²) in [5.41, 5.74) is 1.41. The molecule has 10 heteroatoms. The van der Waals surface area contributed by atoms with Crippen molar-refractivity contribution >= 4 is 23.3 Å². The van der Waals surface area contributed by atoms with Crippen LogP contribution in [0.3, 0.4) is 0 Å². The van der Waals surface area contributed by atoms with Crippen LogP contribution in [0.5, 0.6) is 5.75 Å². The number of aromatic nitrogens is 2. The number of piperidine rings is 2. The normalized spacial score (nSPS) is 24.8. The Morgan fingerprint density at radius 3 is 2.44 bits per heavy atom. The van der Waals surface area contributed by atoms with E-state index < -0.39 is 0 Å². The molecule has 0 bridgehead atoms. The first-order valence-electron chi connectivity index (χ1n) is 15.2. The molecule has 41 heavy (non-hydrogen) atoms. The third kappa shape index (κ3) is 6.77. The molecule has 3 saturated heterocycles. The molecule has 1 aromatic heterocycles. The molecule has 3 aliphatic heterocycles. The summed E-state index contributed by atoms with van der Waals surface area (Å²) in [6.07, 6.45) is 11.8. The molecule has 1 aromatic carbocycles. The minimum atomic E-state index is -0.174. The van der Waals surface area contributed by atoms with Crippen LogP contribution in [0.15, 0.2) is 30.6 Å². The second-order valence-electron chi connectivity index (χ2n) is 12.4. The van der Waals surface area contributed by atoms with Gasteiger partial charge in [0.05, 0.1) is 29.1 Å². The number of carbonyl (C=O) groups excluding carboxylic acids is 1. The number of nitrogens with one attached hydrogen (secondary N) is 2. The van der Waals surface area contributed by atoms with E-state index in [4.69, 9.17) is 21.6 Å². The van der Waals surface area contributed by atoms with Crippen molar-refractivity contribution in [1.82, 2.24) is 25.5 Å². The fourth-order valence-corrected chi connectivity index (χ4v) is 7.00. The largest absolute Gasteiger partial charge is 0.490 e. The van der Waals surface area contributed by atoms with Crippen LogP contribution in [0.2, 0.25) is 5.02 Å². The Kier molecular flexibility index (Phi) is 8.61. The highest BCUT2D eigenvalue weighted by molar-refractivity contribution is 6.31. The first kappa shape index (κ1) is 28.2. The number of benzene rings is 1. The second kappa shape index (κ2) is 12.5. The Morgan fingerprint density at radius 2 is 1.83 bits per heavy atom. The van der Waals surface area contributed by atoms with Crippen molar-refractivity contribution in [2.24, 2.45) is 11.3 Å². The average molecular weight is 578 g/mol. The van der Waals surface area contributed by atoms with Crippen molar-refractivity contribution in [1.29, 1.82) is 5.26 Å². The third-order valence-corrected chi connectivity index (χ3v) is 9.93. The zero-order chi connectivity index (χ0) is 28.2. The van der Waals surface area contributed by atoms with Gasteiger partial charge in [0.15, 0.2) is 0 Å². The van der Waals surface area contributed by atoms with Gasteiger partial charge in [-0.25, -0.2) is 9.97 Å². The fourth-order valence-electron chi connectivity index (χ4n) is 6.79. The van der Waals surface area contributed by atoms with Gasteiger partial charge in [0.2, 0.25) is 0 Å². The predicted molar refractivity (Wildman–Crippen MR) is 158 cm³/mol. The van der Waals surface area contributed by atoms with Crippen molar-refractivity contribution in [3.63, 3.8) is 0 Å². The lowest BCUT2D eigenvalue weighted by atomic mass is 9.73. The molecule has 4 aliphatic rings. The number of hydrogen-bond acceptors (Lipinski definition) is 8. The number of nitrogens with zero attached hydrogens (tertiary/aromatic N) is 5. The number of anilines is 1. The molecular formula is C31H40ClN7O2. The molecule has 2 aromatic rings. The molecular weight excluding hydrogens is 538 g/mol. The fraction of sp³-hybridized carbons (Fsp3) is 0.613. The van der Waals surface area contributed by atoms with Crippen molar-refractivity contribution in [3.05, 3.63) is 46.9 Å². The maximum Gasteiger partial charge on any atom is 0.271 e. The van der Waals surface area contributed by atoms with Gasteiger partial charge in [-0.3, -0.25) is 4.79 Å². The third-order valence-electron chi connectivity index (χ3n) is 9.62. The van der Waals surface area contributed by atoms with E-state index in [9.17, 15) is 4.79 Å². The lowest BCUT2D eigenvalue weighted by Gasteiger charge is -2.49. The van der Waals surface area contributed by atoms with Crippen LogP contribution in [0, 0.1) is 22.7 Å². The Labute approximate surface area is 247 Å². The van der Waals surface area contributed by atoms with Gasteiger partial charge in [0.1, 0.15) is 23.3 Å². The molecule has 4 heterocycles. The standard InChI is InChI=1S/C31H40ClN7O2/c32-27-15-26(4-1-23(27)16-33)41-25-5-2-24(3-6-25)37-30(40)28-17-36-29(18-35-28)39-11-7-22(8-12-39)19-38-13-9-31(10-14-38)20-34-21-31/h1,4,15,17-18,22,24-25,34H,2-3,5-14,19-21H2,(H,37,40). The van der Waals surface area contributed by atoms with Crippen molar-refractivity contribution in [3.8, 4) is 11.8 Å². The van der Waals surface area contributed by atoms with E-state index in [0.717, 1.165) is 50.5 Å². The summed E-state index contributed by atoms with van der Waals surface area (Å²) >= 11 is 6.12. The summed E-state index contributed by atoms with van der Waals surface area (Å²) in [7, 11) is 0. The van der Waals surface area contributed by atoms with Crippen LogP contribution in [0.1, 0.15) is 67.4 Å². The number of hydrogen-bond donors (Lipinski definition) is 2. The van der Waals surface area contributed by atoms with Crippen molar-refractivity contribution in [2.75, 3.05) is 50.7 Å². The quantitative estimate of drug-likeness (QED) is 0.508. The maximum absolute atomic E-state index is 12.9. The Hall–Kier alpha value is -2.93. The van der Waals surface area contributed by atoms with Crippen LogP contribution in [-0.2, 0) is 0 Å². The van der Waals surface area contributed by atoms with Gasteiger partial charge < -0.3 is 25.2 Å². The highest BCUT2D eigenvalue weighted by atomic mass is 35.5. The second-order valence-corrected chi connectivity index (χ2v) is 12.8. The number of amides is 1. The summed E-state index contributed by atoms with van der Waals surface area (Å²) < 4.78 is 6.06. The van der Waals surface area contributed by atoms with Crippen LogP contribution in [-0.4, -0.2) is 78.7 Å². The van der Waals surface area contributed by atoms with Crippen molar-refractivity contribution < 1.29 is 9.53 Å². The lowest BCUT2D eigenvalue weighted by molar-refractivity contribution is 0.0463. The van der Waals surface area contributed by atoms with E-state index in [1.54, 1.807) is 30.6 Å². The smallest absolute Gasteiger partial charge is 0.271 e. The van der Waals surface area contributed by atoms with Gasteiger partial charge in [0, 0.05) is 44.8 Å². The summed E-state index contributed by atoms with van der Waals surface area (Å²) in [4.78, 5) is 26.9.